The van der Waals surface area contributed by atoms with Gasteiger partial charge in [0.1, 0.15) is 5.82 Å². The number of hydrogen-bond acceptors (Lipinski definition) is 2. The predicted molar refractivity (Wildman–Crippen MR) is 73.1 cm³/mol. The van der Waals surface area contributed by atoms with Gasteiger partial charge in [-0.25, -0.2) is 4.98 Å². The standard InChI is InChI=1S/C13H16BrN3/c1-3-16-6-7-17-12-5-4-10(14)8-11(12)15-13(17)9(16)2/h4-5,8-9H,3,6-7H2,1-2H3/t9-/m0/s1. The Morgan fingerprint density at radius 3 is 3.00 bits per heavy atom. The van der Waals surface area contributed by atoms with Crippen molar-refractivity contribution in [2.75, 3.05) is 13.1 Å². The van der Waals surface area contributed by atoms with E-state index in [1.165, 1.54) is 11.3 Å². The van der Waals surface area contributed by atoms with Crippen LogP contribution in [0.25, 0.3) is 11.0 Å². The minimum Gasteiger partial charge on any atom is -0.325 e. The third-order valence-corrected chi connectivity index (χ3v) is 4.17. The molecule has 1 aliphatic rings. The lowest BCUT2D eigenvalue weighted by Crippen LogP contribution is -2.36. The highest BCUT2D eigenvalue weighted by atomic mass is 79.9. The molecule has 0 N–H and O–H groups in total. The molecule has 0 fully saturated rings. The molecule has 1 atom stereocenters. The number of aromatic nitrogens is 2. The average molecular weight is 294 g/mol. The lowest BCUT2D eigenvalue weighted by atomic mass is 10.2. The molecule has 0 saturated carbocycles. The highest BCUT2D eigenvalue weighted by molar-refractivity contribution is 9.10. The zero-order valence-corrected chi connectivity index (χ0v) is 11.7. The number of imidazole rings is 1. The Labute approximate surface area is 110 Å². The Balaban J connectivity index is 2.17. The minimum atomic E-state index is 0.417. The van der Waals surface area contributed by atoms with E-state index < -0.39 is 0 Å². The Morgan fingerprint density at radius 2 is 2.24 bits per heavy atom. The van der Waals surface area contributed by atoms with Crippen LogP contribution in [0.15, 0.2) is 22.7 Å². The van der Waals surface area contributed by atoms with E-state index >= 15 is 0 Å². The normalized spacial score (nSPS) is 20.8. The quantitative estimate of drug-likeness (QED) is 0.805. The molecule has 0 amide bonds. The molecule has 90 valence electrons. The number of benzene rings is 1. The van der Waals surface area contributed by atoms with Gasteiger partial charge in [0.2, 0.25) is 0 Å². The largest absolute Gasteiger partial charge is 0.325 e. The molecule has 0 radical (unpaired) electrons. The topological polar surface area (TPSA) is 21.1 Å². The highest BCUT2D eigenvalue weighted by Gasteiger charge is 2.25. The number of hydrogen-bond donors (Lipinski definition) is 0. The average Bonchev–Trinajstić information content (AvgIpc) is 2.68. The Hall–Kier alpha value is -0.870. The van der Waals surface area contributed by atoms with E-state index in [9.17, 15) is 0 Å². The van der Waals surface area contributed by atoms with Gasteiger partial charge in [-0.3, -0.25) is 4.90 Å². The third kappa shape index (κ3) is 1.70. The SMILES string of the molecule is CCN1CCn2c(nc3cc(Br)ccc32)[C@@H]1C. The highest BCUT2D eigenvalue weighted by Crippen LogP contribution is 2.29. The molecule has 4 heteroatoms. The summed E-state index contributed by atoms with van der Waals surface area (Å²) in [5.74, 6) is 1.20. The summed E-state index contributed by atoms with van der Waals surface area (Å²) in [4.78, 5) is 7.25. The maximum absolute atomic E-state index is 4.78. The van der Waals surface area contributed by atoms with E-state index in [-0.39, 0.29) is 0 Å². The van der Waals surface area contributed by atoms with Gasteiger partial charge in [0.15, 0.2) is 0 Å². The number of nitrogens with zero attached hydrogens (tertiary/aromatic N) is 3. The van der Waals surface area contributed by atoms with Crippen molar-refractivity contribution in [3.05, 3.63) is 28.5 Å². The predicted octanol–water partition coefficient (Wildman–Crippen LogP) is 3.20. The van der Waals surface area contributed by atoms with E-state index in [4.69, 9.17) is 4.98 Å². The summed E-state index contributed by atoms with van der Waals surface area (Å²) in [7, 11) is 0. The molecule has 3 rings (SSSR count). The van der Waals surface area contributed by atoms with Crippen molar-refractivity contribution in [3.8, 4) is 0 Å². The molecule has 0 saturated heterocycles. The first-order chi connectivity index (χ1) is 8.20. The van der Waals surface area contributed by atoms with E-state index in [1.807, 2.05) is 0 Å². The maximum Gasteiger partial charge on any atom is 0.127 e. The van der Waals surface area contributed by atoms with Gasteiger partial charge >= 0.3 is 0 Å². The van der Waals surface area contributed by atoms with Crippen LogP contribution >= 0.6 is 15.9 Å². The van der Waals surface area contributed by atoms with E-state index in [2.05, 4.69) is 57.4 Å². The van der Waals surface area contributed by atoms with Crippen molar-refractivity contribution in [1.82, 2.24) is 14.5 Å². The summed E-state index contributed by atoms with van der Waals surface area (Å²) < 4.78 is 3.46. The van der Waals surface area contributed by atoms with Crippen LogP contribution in [-0.4, -0.2) is 27.5 Å². The third-order valence-electron chi connectivity index (χ3n) is 3.68. The van der Waals surface area contributed by atoms with Crippen LogP contribution in [0, 0.1) is 0 Å². The molecular weight excluding hydrogens is 278 g/mol. The van der Waals surface area contributed by atoms with Crippen LogP contribution in [-0.2, 0) is 6.54 Å². The van der Waals surface area contributed by atoms with Crippen molar-refractivity contribution in [2.45, 2.75) is 26.4 Å². The monoisotopic (exact) mass is 293 g/mol. The molecule has 1 aliphatic heterocycles. The lowest BCUT2D eigenvalue weighted by Gasteiger charge is -2.32. The molecule has 2 heterocycles. The second kappa shape index (κ2) is 4.10. The molecule has 0 spiro atoms. The fourth-order valence-electron chi connectivity index (χ4n) is 2.69. The molecule has 0 aliphatic carbocycles. The Morgan fingerprint density at radius 1 is 1.41 bits per heavy atom. The number of rotatable bonds is 1. The number of likely N-dealkylation sites (N-methyl/N-ethyl adjacent to an activating group) is 1. The van der Waals surface area contributed by atoms with Gasteiger partial charge in [0.25, 0.3) is 0 Å². The summed E-state index contributed by atoms with van der Waals surface area (Å²) in [6.45, 7) is 7.72. The van der Waals surface area contributed by atoms with Crippen molar-refractivity contribution in [3.63, 3.8) is 0 Å². The minimum absolute atomic E-state index is 0.417. The van der Waals surface area contributed by atoms with Gasteiger partial charge in [-0.1, -0.05) is 22.9 Å². The van der Waals surface area contributed by atoms with Gasteiger partial charge in [0, 0.05) is 17.6 Å². The summed E-state index contributed by atoms with van der Waals surface area (Å²) in [6, 6.07) is 6.77. The van der Waals surface area contributed by atoms with Crippen molar-refractivity contribution >= 4 is 27.0 Å². The Bertz CT molecular complexity index is 561. The summed E-state index contributed by atoms with van der Waals surface area (Å²) in [5, 5.41) is 0. The van der Waals surface area contributed by atoms with Crippen LogP contribution in [0.1, 0.15) is 25.7 Å². The smallest absolute Gasteiger partial charge is 0.127 e. The molecule has 17 heavy (non-hydrogen) atoms. The van der Waals surface area contributed by atoms with Crippen molar-refractivity contribution in [1.29, 1.82) is 0 Å². The zero-order chi connectivity index (χ0) is 12.0. The first kappa shape index (κ1) is 11.2. The molecule has 3 nitrogen and oxygen atoms in total. The van der Waals surface area contributed by atoms with Crippen LogP contribution in [0.4, 0.5) is 0 Å². The second-order valence-corrected chi connectivity index (χ2v) is 5.47. The van der Waals surface area contributed by atoms with Crippen molar-refractivity contribution in [2.24, 2.45) is 0 Å². The molecular formula is C13H16BrN3. The summed E-state index contributed by atoms with van der Waals surface area (Å²) in [5.41, 5.74) is 2.35. The molecule has 0 unspecified atom stereocenters. The van der Waals surface area contributed by atoms with E-state index in [0.29, 0.717) is 6.04 Å². The zero-order valence-electron chi connectivity index (χ0n) is 10.2. The van der Waals surface area contributed by atoms with Crippen LogP contribution < -0.4 is 0 Å². The first-order valence-electron chi connectivity index (χ1n) is 6.10. The Kier molecular flexibility index (Phi) is 2.71. The number of fused-ring (bicyclic) bond motifs is 3. The van der Waals surface area contributed by atoms with Gasteiger partial charge in [-0.2, -0.15) is 0 Å². The van der Waals surface area contributed by atoms with E-state index in [1.54, 1.807) is 0 Å². The fraction of sp³-hybridized carbons (Fsp3) is 0.462. The maximum atomic E-state index is 4.78. The molecule has 2 aromatic rings. The van der Waals surface area contributed by atoms with Crippen LogP contribution in [0.5, 0.6) is 0 Å². The first-order valence-corrected chi connectivity index (χ1v) is 6.89. The van der Waals surface area contributed by atoms with Gasteiger partial charge < -0.3 is 4.57 Å². The van der Waals surface area contributed by atoms with Gasteiger partial charge in [-0.15, -0.1) is 0 Å². The second-order valence-electron chi connectivity index (χ2n) is 4.56. The number of halogens is 1. The van der Waals surface area contributed by atoms with Crippen LogP contribution in [0.3, 0.4) is 0 Å². The van der Waals surface area contributed by atoms with Gasteiger partial charge in [0.05, 0.1) is 17.1 Å². The molecule has 1 aromatic carbocycles. The van der Waals surface area contributed by atoms with Gasteiger partial charge in [-0.05, 0) is 31.7 Å². The van der Waals surface area contributed by atoms with Crippen molar-refractivity contribution < 1.29 is 0 Å². The molecule has 0 bridgehead atoms. The van der Waals surface area contributed by atoms with E-state index in [0.717, 1.165) is 29.6 Å². The molecule has 1 aromatic heterocycles. The lowest BCUT2D eigenvalue weighted by molar-refractivity contribution is 0.176. The fourth-order valence-corrected chi connectivity index (χ4v) is 3.04. The summed E-state index contributed by atoms with van der Waals surface area (Å²) in [6.07, 6.45) is 0. The summed E-state index contributed by atoms with van der Waals surface area (Å²) >= 11 is 3.51. The van der Waals surface area contributed by atoms with Crippen LogP contribution in [0.2, 0.25) is 0 Å².